The minimum absolute atomic E-state index is 0.248. The topological polar surface area (TPSA) is 49.9 Å². The second-order valence-electron chi connectivity index (χ2n) is 7.20. The number of benzene rings is 2. The average molecular weight is 376 g/mol. The highest BCUT2D eigenvalue weighted by molar-refractivity contribution is 6.45. The normalized spacial score (nSPS) is 17.5. The summed E-state index contributed by atoms with van der Waals surface area (Å²) in [6.45, 7) is 3.49. The Hall–Kier alpha value is -3.08. The van der Waals surface area contributed by atoms with Crippen molar-refractivity contribution in [1.82, 2.24) is 4.90 Å². The first-order valence-electron chi connectivity index (χ1n) is 9.70. The molecule has 2 heterocycles. The zero-order chi connectivity index (χ0) is 19.7. The lowest BCUT2D eigenvalue weighted by atomic mass is 10.0. The molecule has 0 aromatic heterocycles. The standard InChI is InChI=1S/C23H24N2O3/c1-16-10-4-6-12-18(16)25-22(26)20(17-11-5-7-13-19(17)28-2)21(23(25)27)24-14-8-3-9-15-24/h4-7,10-13H,3,8-9,14-15H2,1-2H3. The van der Waals surface area contributed by atoms with E-state index in [1.165, 1.54) is 4.90 Å². The van der Waals surface area contributed by atoms with Crippen molar-refractivity contribution in [2.45, 2.75) is 26.2 Å². The summed E-state index contributed by atoms with van der Waals surface area (Å²) >= 11 is 0. The minimum Gasteiger partial charge on any atom is -0.496 e. The molecule has 2 amide bonds. The van der Waals surface area contributed by atoms with Crippen LogP contribution in [-0.2, 0) is 9.59 Å². The molecule has 0 N–H and O–H groups in total. The molecule has 144 valence electrons. The first-order chi connectivity index (χ1) is 13.6. The van der Waals surface area contributed by atoms with Crippen molar-refractivity contribution in [3.8, 4) is 5.75 Å². The van der Waals surface area contributed by atoms with Crippen molar-refractivity contribution >= 4 is 23.1 Å². The molecule has 0 aliphatic carbocycles. The molecule has 5 heteroatoms. The Bertz CT molecular complexity index is 958. The summed E-state index contributed by atoms with van der Waals surface area (Å²) in [6, 6.07) is 14.9. The fourth-order valence-corrected chi connectivity index (χ4v) is 4.06. The van der Waals surface area contributed by atoms with Gasteiger partial charge in [0.25, 0.3) is 11.8 Å². The summed E-state index contributed by atoms with van der Waals surface area (Å²) in [4.78, 5) is 30.5. The van der Waals surface area contributed by atoms with Crippen LogP contribution in [0.4, 0.5) is 5.69 Å². The number of amides is 2. The zero-order valence-corrected chi connectivity index (χ0v) is 16.3. The van der Waals surface area contributed by atoms with E-state index in [0.717, 1.165) is 37.9 Å². The van der Waals surface area contributed by atoms with Gasteiger partial charge in [0, 0.05) is 18.7 Å². The van der Waals surface area contributed by atoms with E-state index >= 15 is 0 Å². The van der Waals surface area contributed by atoms with Gasteiger partial charge in [0.2, 0.25) is 0 Å². The molecule has 1 fully saturated rings. The van der Waals surface area contributed by atoms with Crippen LogP contribution in [0.25, 0.3) is 5.57 Å². The van der Waals surface area contributed by atoms with Crippen molar-refractivity contribution in [3.05, 3.63) is 65.4 Å². The van der Waals surface area contributed by atoms with Gasteiger partial charge in [-0.1, -0.05) is 36.4 Å². The van der Waals surface area contributed by atoms with Gasteiger partial charge in [0.05, 0.1) is 18.4 Å². The van der Waals surface area contributed by atoms with E-state index in [1.54, 1.807) is 7.11 Å². The van der Waals surface area contributed by atoms with Crippen molar-refractivity contribution in [3.63, 3.8) is 0 Å². The number of aryl methyl sites for hydroxylation is 1. The van der Waals surface area contributed by atoms with Crippen LogP contribution in [0.1, 0.15) is 30.4 Å². The first-order valence-corrected chi connectivity index (χ1v) is 9.70. The predicted molar refractivity (Wildman–Crippen MR) is 109 cm³/mol. The van der Waals surface area contributed by atoms with Crippen molar-refractivity contribution in [2.75, 3.05) is 25.1 Å². The molecule has 0 bridgehead atoms. The molecule has 0 unspecified atom stereocenters. The smallest absolute Gasteiger partial charge is 0.282 e. The van der Waals surface area contributed by atoms with Crippen LogP contribution in [0.3, 0.4) is 0 Å². The molecule has 2 aliphatic rings. The number of methoxy groups -OCH3 is 1. The largest absolute Gasteiger partial charge is 0.496 e. The number of carbonyl (C=O) groups excluding carboxylic acids is 2. The van der Waals surface area contributed by atoms with Gasteiger partial charge in [0.15, 0.2) is 0 Å². The number of rotatable bonds is 4. The van der Waals surface area contributed by atoms with Gasteiger partial charge in [-0.05, 0) is 43.9 Å². The van der Waals surface area contributed by atoms with E-state index < -0.39 is 0 Å². The molecule has 2 aliphatic heterocycles. The van der Waals surface area contributed by atoms with Gasteiger partial charge in [0.1, 0.15) is 11.4 Å². The van der Waals surface area contributed by atoms with Crippen LogP contribution in [-0.4, -0.2) is 36.9 Å². The second-order valence-corrected chi connectivity index (χ2v) is 7.20. The summed E-state index contributed by atoms with van der Waals surface area (Å²) < 4.78 is 5.51. The van der Waals surface area contributed by atoms with Crippen LogP contribution in [0.15, 0.2) is 54.2 Å². The van der Waals surface area contributed by atoms with E-state index in [9.17, 15) is 9.59 Å². The third-order valence-electron chi connectivity index (χ3n) is 5.46. The first kappa shape index (κ1) is 18.3. The fraction of sp³-hybridized carbons (Fsp3) is 0.304. The van der Waals surface area contributed by atoms with E-state index in [2.05, 4.69) is 4.90 Å². The Balaban J connectivity index is 1.89. The van der Waals surface area contributed by atoms with Gasteiger partial charge in [-0.25, -0.2) is 4.90 Å². The fourth-order valence-electron chi connectivity index (χ4n) is 4.06. The Morgan fingerprint density at radius 3 is 2.25 bits per heavy atom. The van der Waals surface area contributed by atoms with E-state index in [-0.39, 0.29) is 11.8 Å². The average Bonchev–Trinajstić information content (AvgIpc) is 2.99. The Morgan fingerprint density at radius 1 is 0.857 bits per heavy atom. The highest BCUT2D eigenvalue weighted by atomic mass is 16.5. The van der Waals surface area contributed by atoms with Gasteiger partial charge in [-0.3, -0.25) is 9.59 Å². The Labute approximate surface area is 165 Å². The number of piperidine rings is 1. The highest BCUT2D eigenvalue weighted by Gasteiger charge is 2.43. The summed E-state index contributed by atoms with van der Waals surface area (Å²) in [5.41, 5.74) is 3.13. The lowest BCUT2D eigenvalue weighted by Crippen LogP contribution is -2.37. The van der Waals surface area contributed by atoms with Gasteiger partial charge in [-0.2, -0.15) is 0 Å². The molecule has 28 heavy (non-hydrogen) atoms. The van der Waals surface area contributed by atoms with Crippen LogP contribution >= 0.6 is 0 Å². The Morgan fingerprint density at radius 2 is 1.54 bits per heavy atom. The number of imide groups is 1. The number of likely N-dealkylation sites (tertiary alicyclic amines) is 1. The number of anilines is 1. The molecule has 0 saturated carbocycles. The maximum Gasteiger partial charge on any atom is 0.282 e. The van der Waals surface area contributed by atoms with Crippen molar-refractivity contribution < 1.29 is 14.3 Å². The molecule has 0 spiro atoms. The molecule has 1 saturated heterocycles. The van der Waals surface area contributed by atoms with Gasteiger partial charge >= 0.3 is 0 Å². The highest BCUT2D eigenvalue weighted by Crippen LogP contribution is 2.39. The van der Waals surface area contributed by atoms with E-state index in [4.69, 9.17) is 4.74 Å². The number of ether oxygens (including phenoxy) is 1. The second kappa shape index (κ2) is 7.50. The van der Waals surface area contributed by atoms with Crippen LogP contribution in [0.5, 0.6) is 5.75 Å². The minimum atomic E-state index is -0.288. The molecule has 2 aromatic carbocycles. The lowest BCUT2D eigenvalue weighted by Gasteiger charge is -2.29. The summed E-state index contributed by atoms with van der Waals surface area (Å²) in [6.07, 6.45) is 3.19. The Kier molecular flexibility index (Phi) is 4.90. The molecule has 4 rings (SSSR count). The van der Waals surface area contributed by atoms with Crippen LogP contribution in [0.2, 0.25) is 0 Å². The monoisotopic (exact) mass is 376 g/mol. The predicted octanol–water partition coefficient (Wildman–Crippen LogP) is 3.77. The van der Waals surface area contributed by atoms with Crippen molar-refractivity contribution in [2.24, 2.45) is 0 Å². The quantitative estimate of drug-likeness (QED) is 0.762. The molecule has 0 atom stereocenters. The molecular formula is C23H24N2O3. The molecule has 0 radical (unpaired) electrons. The van der Waals surface area contributed by atoms with Crippen LogP contribution in [0, 0.1) is 6.92 Å². The number of hydrogen-bond donors (Lipinski definition) is 0. The SMILES string of the molecule is COc1ccccc1C1=C(N2CCCCC2)C(=O)N(c2ccccc2C)C1=O. The number of hydrogen-bond acceptors (Lipinski definition) is 4. The van der Waals surface area contributed by atoms with Crippen molar-refractivity contribution in [1.29, 1.82) is 0 Å². The maximum absolute atomic E-state index is 13.6. The zero-order valence-electron chi connectivity index (χ0n) is 16.3. The third kappa shape index (κ3) is 2.97. The number of para-hydroxylation sites is 2. The lowest BCUT2D eigenvalue weighted by molar-refractivity contribution is -0.120. The summed E-state index contributed by atoms with van der Waals surface area (Å²) in [7, 11) is 1.58. The van der Waals surface area contributed by atoms with Crippen LogP contribution < -0.4 is 9.64 Å². The van der Waals surface area contributed by atoms with Gasteiger partial charge < -0.3 is 9.64 Å². The maximum atomic E-state index is 13.6. The van der Waals surface area contributed by atoms with E-state index in [1.807, 2.05) is 55.5 Å². The molecule has 5 nitrogen and oxygen atoms in total. The third-order valence-corrected chi connectivity index (χ3v) is 5.46. The molecule has 2 aromatic rings. The summed E-state index contributed by atoms with van der Waals surface area (Å²) in [5, 5.41) is 0. The van der Waals surface area contributed by atoms with E-state index in [0.29, 0.717) is 28.3 Å². The number of nitrogens with zero attached hydrogens (tertiary/aromatic N) is 2. The summed E-state index contributed by atoms with van der Waals surface area (Å²) in [5.74, 6) is 0.0614. The van der Waals surface area contributed by atoms with Gasteiger partial charge in [-0.15, -0.1) is 0 Å². The number of carbonyl (C=O) groups is 2. The molecular weight excluding hydrogens is 352 g/mol.